The number of halogens is 1. The molecule has 226 valence electrons. The molecule has 2 fully saturated rings. The van der Waals surface area contributed by atoms with Gasteiger partial charge in [-0.3, -0.25) is 19.4 Å². The number of nitrogens with zero attached hydrogens (tertiary/aromatic N) is 4. The lowest BCUT2D eigenvalue weighted by Crippen LogP contribution is -2.47. The Morgan fingerprint density at radius 1 is 0.930 bits per heavy atom. The molecule has 43 heavy (non-hydrogen) atoms. The van der Waals surface area contributed by atoms with Crippen LogP contribution in [-0.2, 0) is 9.59 Å². The third-order valence-corrected chi connectivity index (χ3v) is 8.18. The molecule has 0 bridgehead atoms. The quantitative estimate of drug-likeness (QED) is 0.287. The number of amides is 2. The zero-order valence-corrected chi connectivity index (χ0v) is 25.3. The van der Waals surface area contributed by atoms with Crippen LogP contribution in [0.2, 0.25) is 0 Å². The average Bonchev–Trinajstić information content (AvgIpc) is 3.25. The number of nitrogens with one attached hydrogen (secondary N) is 1. The fourth-order valence-electron chi connectivity index (χ4n) is 5.49. The smallest absolute Gasteiger partial charge is 0.256 e. The number of rotatable bonds is 12. The molecule has 2 aliphatic heterocycles. The van der Waals surface area contributed by atoms with Crippen LogP contribution in [0.1, 0.15) is 26.2 Å². The van der Waals surface area contributed by atoms with Crippen LogP contribution in [0.4, 0.5) is 21.5 Å². The molecule has 2 aliphatic rings. The summed E-state index contributed by atoms with van der Waals surface area (Å²) < 4.78 is 19.3. The Morgan fingerprint density at radius 3 is 2.30 bits per heavy atom. The van der Waals surface area contributed by atoms with Crippen LogP contribution >= 0.6 is 12.2 Å². The van der Waals surface area contributed by atoms with Gasteiger partial charge in [0.25, 0.3) is 5.91 Å². The minimum absolute atomic E-state index is 0.0551. The molecule has 2 saturated heterocycles. The van der Waals surface area contributed by atoms with Gasteiger partial charge in [-0.1, -0.05) is 25.1 Å². The first-order valence-corrected chi connectivity index (χ1v) is 15.3. The summed E-state index contributed by atoms with van der Waals surface area (Å²) in [6.07, 6.45) is 1.64. The summed E-state index contributed by atoms with van der Waals surface area (Å²) in [4.78, 5) is 34.9. The first-order chi connectivity index (χ1) is 20.9. The first-order valence-electron chi connectivity index (χ1n) is 14.9. The molecule has 10 heteroatoms. The van der Waals surface area contributed by atoms with E-state index in [1.807, 2.05) is 30.0 Å². The molecular weight excluding hydrogens is 565 g/mol. The summed E-state index contributed by atoms with van der Waals surface area (Å²) in [6.45, 7) is 7.87. The van der Waals surface area contributed by atoms with Gasteiger partial charge in [-0.05, 0) is 92.3 Å². The number of ether oxygens (including phenoxy) is 1. The van der Waals surface area contributed by atoms with Gasteiger partial charge in [0, 0.05) is 44.1 Å². The summed E-state index contributed by atoms with van der Waals surface area (Å²) in [5, 5.41) is 3.23. The largest absolute Gasteiger partial charge is 0.494 e. The highest BCUT2D eigenvalue weighted by atomic mass is 32.1. The predicted molar refractivity (Wildman–Crippen MR) is 172 cm³/mol. The molecule has 0 saturated carbocycles. The van der Waals surface area contributed by atoms with E-state index in [2.05, 4.69) is 39.4 Å². The SMILES string of the molecule is CCCOc1ccc(NC(=O)C[C@@H]2C(=O)N(c3ccc(F)cc3)C(=S)N2CCCN2CCN(c3ccccc3)CC2)cc1. The van der Waals surface area contributed by atoms with Crippen molar-refractivity contribution in [2.75, 3.05) is 61.0 Å². The lowest BCUT2D eigenvalue weighted by molar-refractivity contribution is -0.124. The molecule has 1 N–H and O–H groups in total. The highest BCUT2D eigenvalue weighted by Crippen LogP contribution is 2.28. The van der Waals surface area contributed by atoms with E-state index in [-0.39, 0.29) is 18.2 Å². The maximum Gasteiger partial charge on any atom is 0.256 e. The van der Waals surface area contributed by atoms with Gasteiger partial charge in [0.2, 0.25) is 5.91 Å². The molecule has 2 amide bonds. The van der Waals surface area contributed by atoms with E-state index in [9.17, 15) is 14.0 Å². The van der Waals surface area contributed by atoms with Gasteiger partial charge in [-0.2, -0.15) is 0 Å². The number of carbonyl (C=O) groups excluding carboxylic acids is 2. The van der Waals surface area contributed by atoms with Crippen LogP contribution < -0.4 is 19.9 Å². The zero-order chi connectivity index (χ0) is 30.2. The molecule has 0 aliphatic carbocycles. The molecule has 0 unspecified atom stereocenters. The molecule has 8 nitrogen and oxygen atoms in total. The number of hydrogen-bond donors (Lipinski definition) is 1. The minimum Gasteiger partial charge on any atom is -0.494 e. The number of para-hydroxylation sites is 1. The first kappa shape index (κ1) is 30.4. The second kappa shape index (κ2) is 14.4. The molecule has 1 atom stereocenters. The van der Waals surface area contributed by atoms with Crippen molar-refractivity contribution in [3.05, 3.63) is 84.7 Å². The number of anilines is 3. The van der Waals surface area contributed by atoms with Crippen LogP contribution in [0.3, 0.4) is 0 Å². The standard InChI is InChI=1S/C33H38FN5O3S/c1-2-23-42-29-15-11-26(12-16-29)35-31(40)24-30-32(41)39(28-13-9-25(34)10-14-28)33(43)38(30)18-6-17-36-19-21-37(22-20-36)27-7-4-3-5-8-27/h3-5,7-16,30H,2,6,17-24H2,1H3,(H,35,40)/t30-/m1/s1. The van der Waals surface area contributed by atoms with Crippen LogP contribution in [-0.4, -0.2) is 78.6 Å². The van der Waals surface area contributed by atoms with E-state index in [0.29, 0.717) is 29.6 Å². The van der Waals surface area contributed by atoms with Gasteiger partial charge < -0.3 is 19.9 Å². The topological polar surface area (TPSA) is 68.4 Å². The normalized spacial score (nSPS) is 17.4. The monoisotopic (exact) mass is 603 g/mol. The van der Waals surface area contributed by atoms with Crippen molar-refractivity contribution in [1.29, 1.82) is 0 Å². The van der Waals surface area contributed by atoms with Crippen LogP contribution in [0.25, 0.3) is 0 Å². The Labute approximate surface area is 258 Å². The van der Waals surface area contributed by atoms with Gasteiger partial charge in [-0.25, -0.2) is 4.39 Å². The van der Waals surface area contributed by atoms with Crippen molar-refractivity contribution < 1.29 is 18.7 Å². The predicted octanol–water partition coefficient (Wildman–Crippen LogP) is 5.16. The summed E-state index contributed by atoms with van der Waals surface area (Å²) in [5.74, 6) is -0.232. The molecule has 0 spiro atoms. The van der Waals surface area contributed by atoms with Gasteiger partial charge in [-0.15, -0.1) is 0 Å². The Balaban J connectivity index is 1.21. The van der Waals surface area contributed by atoms with Crippen molar-refractivity contribution in [3.63, 3.8) is 0 Å². The van der Waals surface area contributed by atoms with Crippen LogP contribution in [0, 0.1) is 5.82 Å². The third kappa shape index (κ3) is 7.69. The van der Waals surface area contributed by atoms with E-state index in [1.165, 1.54) is 34.9 Å². The van der Waals surface area contributed by atoms with Gasteiger partial charge >= 0.3 is 0 Å². The second-order valence-electron chi connectivity index (χ2n) is 10.8. The fraction of sp³-hybridized carbons (Fsp3) is 0.364. The molecule has 3 aromatic rings. The van der Waals surface area contributed by atoms with E-state index < -0.39 is 11.9 Å². The highest BCUT2D eigenvalue weighted by Gasteiger charge is 2.44. The molecule has 3 aromatic carbocycles. The Hall–Kier alpha value is -4.02. The molecule has 0 radical (unpaired) electrons. The van der Waals surface area contributed by atoms with Gasteiger partial charge in [0.1, 0.15) is 17.6 Å². The van der Waals surface area contributed by atoms with Crippen molar-refractivity contribution in [2.24, 2.45) is 0 Å². The maximum atomic E-state index is 13.7. The Morgan fingerprint density at radius 2 is 1.63 bits per heavy atom. The van der Waals surface area contributed by atoms with E-state index in [4.69, 9.17) is 17.0 Å². The minimum atomic E-state index is -0.750. The van der Waals surface area contributed by atoms with Crippen molar-refractivity contribution in [2.45, 2.75) is 32.2 Å². The molecule has 5 rings (SSSR count). The molecule has 0 aromatic heterocycles. The van der Waals surface area contributed by atoms with E-state index >= 15 is 0 Å². The Kier molecular flexibility index (Phi) is 10.2. The second-order valence-corrected chi connectivity index (χ2v) is 11.1. The van der Waals surface area contributed by atoms with E-state index in [1.54, 1.807) is 12.1 Å². The fourth-order valence-corrected chi connectivity index (χ4v) is 5.90. The van der Waals surface area contributed by atoms with Crippen molar-refractivity contribution in [3.8, 4) is 5.75 Å². The number of carbonyl (C=O) groups is 2. The zero-order valence-electron chi connectivity index (χ0n) is 24.5. The summed E-state index contributed by atoms with van der Waals surface area (Å²) in [6, 6.07) is 22.5. The van der Waals surface area contributed by atoms with Crippen molar-refractivity contribution in [1.82, 2.24) is 9.80 Å². The van der Waals surface area contributed by atoms with E-state index in [0.717, 1.165) is 51.3 Å². The van der Waals surface area contributed by atoms with Gasteiger partial charge in [0.05, 0.1) is 18.7 Å². The number of thiocarbonyl (C=S) groups is 1. The number of hydrogen-bond acceptors (Lipinski definition) is 6. The summed E-state index contributed by atoms with van der Waals surface area (Å²) >= 11 is 5.77. The lowest BCUT2D eigenvalue weighted by atomic mass is 10.1. The Bertz CT molecular complexity index is 1380. The maximum absolute atomic E-state index is 13.7. The number of benzene rings is 3. The number of piperazine rings is 1. The summed E-state index contributed by atoms with van der Waals surface area (Å²) in [5.41, 5.74) is 2.35. The highest BCUT2D eigenvalue weighted by molar-refractivity contribution is 7.80. The lowest BCUT2D eigenvalue weighted by Gasteiger charge is -2.36. The average molecular weight is 604 g/mol. The third-order valence-electron chi connectivity index (χ3n) is 7.76. The molecule has 2 heterocycles. The van der Waals surface area contributed by atoms with Gasteiger partial charge in [0.15, 0.2) is 5.11 Å². The van der Waals surface area contributed by atoms with Crippen LogP contribution in [0.5, 0.6) is 5.75 Å². The van der Waals surface area contributed by atoms with Crippen LogP contribution in [0.15, 0.2) is 78.9 Å². The van der Waals surface area contributed by atoms with Crippen molar-refractivity contribution >= 4 is 46.2 Å². The summed E-state index contributed by atoms with van der Waals surface area (Å²) in [7, 11) is 0. The molecular formula is C33H38FN5O3S.